The van der Waals surface area contributed by atoms with Crippen molar-refractivity contribution in [2.24, 2.45) is 4.99 Å². The summed E-state index contributed by atoms with van der Waals surface area (Å²) in [5.41, 5.74) is 0.997. The van der Waals surface area contributed by atoms with Gasteiger partial charge in [0.15, 0.2) is 0 Å². The molecule has 0 atom stereocenters. The number of rotatable bonds is 2. The van der Waals surface area contributed by atoms with Gasteiger partial charge in [0.05, 0.1) is 12.0 Å². The third-order valence-corrected chi connectivity index (χ3v) is 4.34. The molecule has 5 heteroatoms. The summed E-state index contributed by atoms with van der Waals surface area (Å²) in [5.74, 6) is 0. The van der Waals surface area contributed by atoms with Crippen LogP contribution < -0.4 is 0 Å². The van der Waals surface area contributed by atoms with Crippen LogP contribution in [0.15, 0.2) is 29.3 Å². The Morgan fingerprint density at radius 2 is 1.83 bits per heavy atom. The quantitative estimate of drug-likeness (QED) is 0.336. The van der Waals surface area contributed by atoms with Crippen LogP contribution in [0, 0.1) is 7.14 Å². The number of aliphatic imine (C=N–C) groups is 1. The monoisotopic (exact) mass is 484 g/mol. The lowest BCUT2D eigenvalue weighted by atomic mass is 10.1. The van der Waals surface area contributed by atoms with Crippen molar-refractivity contribution in [1.29, 1.82) is 0 Å². The summed E-state index contributed by atoms with van der Waals surface area (Å²) in [7, 11) is 3.92. The predicted octanol–water partition coefficient (Wildman–Crippen LogP) is 4.92. The standard InChI is InChI=1S/C13H11ClI2N2/c1-18(2)7-17-13-9-4-3-8(14)5-10(9)11(15)6-12(13)16/h3-7H,1-2H3. The Hall–Kier alpha value is -0.0800. The molecule has 0 saturated carbocycles. The number of halogens is 3. The Morgan fingerprint density at radius 1 is 1.11 bits per heavy atom. The van der Waals surface area contributed by atoms with E-state index in [1.54, 1.807) is 0 Å². The van der Waals surface area contributed by atoms with Crippen LogP contribution in [0.1, 0.15) is 0 Å². The summed E-state index contributed by atoms with van der Waals surface area (Å²) in [5, 5.41) is 3.03. The molecular formula is C13H11ClI2N2. The van der Waals surface area contributed by atoms with Gasteiger partial charge in [0.2, 0.25) is 0 Å². The van der Waals surface area contributed by atoms with Crippen molar-refractivity contribution < 1.29 is 0 Å². The average Bonchev–Trinajstić information content (AvgIpc) is 2.29. The van der Waals surface area contributed by atoms with Crippen molar-refractivity contribution in [3.8, 4) is 0 Å². The van der Waals surface area contributed by atoms with Crippen LogP contribution in [-0.4, -0.2) is 25.3 Å². The summed E-state index contributed by atoms with van der Waals surface area (Å²) in [6, 6.07) is 8.06. The molecule has 0 spiro atoms. The van der Waals surface area contributed by atoms with E-state index in [9.17, 15) is 0 Å². The molecule has 2 rings (SSSR count). The summed E-state index contributed by atoms with van der Waals surface area (Å²) < 4.78 is 2.34. The topological polar surface area (TPSA) is 15.6 Å². The Kier molecular flexibility index (Phi) is 4.71. The van der Waals surface area contributed by atoms with Crippen molar-refractivity contribution in [2.45, 2.75) is 0 Å². The van der Waals surface area contributed by atoms with Gasteiger partial charge in [-0.05, 0) is 68.8 Å². The number of hydrogen-bond acceptors (Lipinski definition) is 1. The highest BCUT2D eigenvalue weighted by Gasteiger charge is 2.09. The Labute approximate surface area is 139 Å². The minimum atomic E-state index is 0.754. The molecule has 0 unspecified atom stereocenters. The van der Waals surface area contributed by atoms with E-state index < -0.39 is 0 Å². The number of fused-ring (bicyclic) bond motifs is 1. The zero-order chi connectivity index (χ0) is 13.3. The van der Waals surface area contributed by atoms with E-state index in [0.717, 1.165) is 25.1 Å². The van der Waals surface area contributed by atoms with E-state index in [-0.39, 0.29) is 0 Å². The second-order valence-electron chi connectivity index (χ2n) is 4.09. The van der Waals surface area contributed by atoms with Gasteiger partial charge in [-0.2, -0.15) is 0 Å². The first-order valence-electron chi connectivity index (χ1n) is 5.27. The third kappa shape index (κ3) is 3.08. The number of nitrogens with zero attached hydrogens (tertiary/aromatic N) is 2. The van der Waals surface area contributed by atoms with Gasteiger partial charge in [0.1, 0.15) is 0 Å². The number of benzene rings is 2. The molecular weight excluding hydrogens is 473 g/mol. The predicted molar refractivity (Wildman–Crippen MR) is 96.2 cm³/mol. The summed E-state index contributed by atoms with van der Waals surface area (Å²) in [4.78, 5) is 6.48. The Morgan fingerprint density at radius 3 is 2.50 bits per heavy atom. The van der Waals surface area contributed by atoms with Gasteiger partial charge in [-0.3, -0.25) is 0 Å². The van der Waals surface area contributed by atoms with Gasteiger partial charge < -0.3 is 4.90 Å². The molecule has 0 bridgehead atoms. The van der Waals surface area contributed by atoms with Crippen LogP contribution in [0.3, 0.4) is 0 Å². The Balaban J connectivity index is 2.72. The van der Waals surface area contributed by atoms with Crippen LogP contribution in [0.4, 0.5) is 5.69 Å². The molecule has 0 aliphatic heterocycles. The molecule has 18 heavy (non-hydrogen) atoms. The first kappa shape index (κ1) is 14.3. The van der Waals surface area contributed by atoms with Crippen LogP contribution in [-0.2, 0) is 0 Å². The molecule has 2 aromatic rings. The van der Waals surface area contributed by atoms with Crippen LogP contribution >= 0.6 is 56.8 Å². The van der Waals surface area contributed by atoms with Crippen molar-refractivity contribution in [3.63, 3.8) is 0 Å². The van der Waals surface area contributed by atoms with Crippen LogP contribution in [0.25, 0.3) is 10.8 Å². The second kappa shape index (κ2) is 5.92. The van der Waals surface area contributed by atoms with Crippen LogP contribution in [0.5, 0.6) is 0 Å². The lowest BCUT2D eigenvalue weighted by Gasteiger charge is -2.09. The van der Waals surface area contributed by atoms with Crippen molar-refractivity contribution >= 4 is 79.6 Å². The maximum absolute atomic E-state index is 6.06. The lowest BCUT2D eigenvalue weighted by molar-refractivity contribution is 0.643. The first-order valence-corrected chi connectivity index (χ1v) is 7.80. The highest BCUT2D eigenvalue weighted by Crippen LogP contribution is 2.35. The van der Waals surface area contributed by atoms with E-state index in [4.69, 9.17) is 11.6 Å². The molecule has 2 nitrogen and oxygen atoms in total. The maximum atomic E-state index is 6.06. The minimum Gasteiger partial charge on any atom is -0.369 e. The molecule has 0 aromatic heterocycles. The SMILES string of the molecule is CN(C)C=Nc1c(I)cc(I)c2cc(Cl)ccc12. The molecule has 0 amide bonds. The molecule has 0 N–H and O–H groups in total. The molecule has 0 fully saturated rings. The zero-order valence-electron chi connectivity index (χ0n) is 9.92. The normalized spacial score (nSPS) is 11.4. The summed E-state index contributed by atoms with van der Waals surface area (Å²) in [6.07, 6.45) is 1.82. The van der Waals surface area contributed by atoms with E-state index in [1.165, 1.54) is 3.57 Å². The third-order valence-electron chi connectivity index (χ3n) is 2.39. The molecule has 0 radical (unpaired) electrons. The second-order valence-corrected chi connectivity index (χ2v) is 6.85. The van der Waals surface area contributed by atoms with E-state index in [0.29, 0.717) is 0 Å². The minimum absolute atomic E-state index is 0.754. The van der Waals surface area contributed by atoms with Gasteiger partial charge in [-0.1, -0.05) is 17.7 Å². The van der Waals surface area contributed by atoms with Crippen molar-refractivity contribution in [3.05, 3.63) is 36.4 Å². The van der Waals surface area contributed by atoms with Gasteiger partial charge in [-0.25, -0.2) is 4.99 Å². The van der Waals surface area contributed by atoms with E-state index in [2.05, 4.69) is 56.2 Å². The van der Waals surface area contributed by atoms with Crippen molar-refractivity contribution in [2.75, 3.05) is 14.1 Å². The van der Waals surface area contributed by atoms with Gasteiger partial charge in [0, 0.05) is 31.6 Å². The van der Waals surface area contributed by atoms with Crippen molar-refractivity contribution in [1.82, 2.24) is 4.90 Å². The molecule has 0 aliphatic rings. The maximum Gasteiger partial charge on any atom is 0.0907 e. The average molecular weight is 485 g/mol. The fraction of sp³-hybridized carbons (Fsp3) is 0.154. The molecule has 0 aliphatic carbocycles. The zero-order valence-corrected chi connectivity index (χ0v) is 15.0. The highest BCUT2D eigenvalue weighted by molar-refractivity contribution is 14.1. The van der Waals surface area contributed by atoms with Crippen LogP contribution in [0.2, 0.25) is 5.02 Å². The van der Waals surface area contributed by atoms with E-state index >= 15 is 0 Å². The molecule has 0 heterocycles. The van der Waals surface area contributed by atoms with E-state index in [1.807, 2.05) is 43.5 Å². The Bertz CT molecular complexity index is 624. The molecule has 0 saturated heterocycles. The highest BCUT2D eigenvalue weighted by atomic mass is 127. The molecule has 94 valence electrons. The first-order chi connectivity index (χ1) is 8.49. The van der Waals surface area contributed by atoms with Gasteiger partial charge in [-0.15, -0.1) is 0 Å². The largest absolute Gasteiger partial charge is 0.369 e. The smallest absolute Gasteiger partial charge is 0.0907 e. The molecule has 2 aromatic carbocycles. The summed E-state index contributed by atoms with van der Waals surface area (Å²) in [6.45, 7) is 0. The van der Waals surface area contributed by atoms with Gasteiger partial charge in [0.25, 0.3) is 0 Å². The fourth-order valence-electron chi connectivity index (χ4n) is 1.61. The fourth-order valence-corrected chi connectivity index (χ4v) is 3.88. The lowest BCUT2D eigenvalue weighted by Crippen LogP contribution is -2.07. The summed E-state index contributed by atoms with van der Waals surface area (Å²) >= 11 is 10.7. The van der Waals surface area contributed by atoms with Gasteiger partial charge >= 0.3 is 0 Å². The number of hydrogen-bond donors (Lipinski definition) is 0.